The second-order valence-corrected chi connectivity index (χ2v) is 4.61. The number of halogens is 1. The largest absolute Gasteiger partial charge is 0.464 e. The van der Waals surface area contributed by atoms with E-state index >= 15 is 0 Å². The third-order valence-corrected chi connectivity index (χ3v) is 2.94. The zero-order valence-corrected chi connectivity index (χ0v) is 12.6. The summed E-state index contributed by atoms with van der Waals surface area (Å²) in [6.45, 7) is 2.29. The number of rotatable bonds is 7. The fraction of sp³-hybridized carbons (Fsp3) is 0.455. The van der Waals surface area contributed by atoms with Gasteiger partial charge in [-0.3, -0.25) is 4.79 Å². The van der Waals surface area contributed by atoms with Crippen LogP contribution in [0.4, 0.5) is 5.13 Å². The average Bonchev–Trinajstić information content (AvgIpc) is 2.90. The van der Waals surface area contributed by atoms with Crippen molar-refractivity contribution in [2.45, 2.75) is 13.3 Å². The molecule has 0 aromatic carbocycles. The van der Waals surface area contributed by atoms with Gasteiger partial charge >= 0.3 is 5.97 Å². The Balaban J connectivity index is 2.88. The highest BCUT2D eigenvalue weighted by Gasteiger charge is 2.19. The van der Waals surface area contributed by atoms with Gasteiger partial charge in [0.05, 0.1) is 7.11 Å². The van der Waals surface area contributed by atoms with Gasteiger partial charge in [-0.2, -0.15) is 0 Å². The van der Waals surface area contributed by atoms with Gasteiger partial charge in [-0.25, -0.2) is 9.78 Å². The third kappa shape index (κ3) is 4.78. The lowest BCUT2D eigenvalue weighted by atomic mass is 10.3. The summed E-state index contributed by atoms with van der Waals surface area (Å²) < 4.78 is 4.62. The van der Waals surface area contributed by atoms with Crippen molar-refractivity contribution in [3.63, 3.8) is 0 Å². The molecule has 1 rings (SSSR count). The highest BCUT2D eigenvalue weighted by Crippen LogP contribution is 2.16. The first kappa shape index (κ1) is 16.4. The fourth-order valence-corrected chi connectivity index (χ4v) is 1.86. The number of anilines is 1. The molecule has 0 saturated carbocycles. The minimum absolute atomic E-state index is 0.0522. The quantitative estimate of drug-likeness (QED) is 0.271. The van der Waals surface area contributed by atoms with Gasteiger partial charge in [0.15, 0.2) is 5.13 Å². The summed E-state index contributed by atoms with van der Waals surface area (Å²) >= 11 is 6.52. The van der Waals surface area contributed by atoms with E-state index in [1.807, 2.05) is 6.92 Å². The Labute approximate surface area is 124 Å². The number of hydrogen-bond acceptors (Lipinski definition) is 7. The van der Waals surface area contributed by atoms with E-state index in [0.29, 0.717) is 11.7 Å². The molecular weight excluding hydrogens is 306 g/mol. The second-order valence-electron chi connectivity index (χ2n) is 3.48. The molecule has 9 heteroatoms. The zero-order valence-electron chi connectivity index (χ0n) is 11.0. The highest BCUT2D eigenvalue weighted by atomic mass is 35.5. The van der Waals surface area contributed by atoms with E-state index in [1.165, 1.54) is 7.11 Å². The Morgan fingerprint density at radius 3 is 2.90 bits per heavy atom. The molecule has 1 heterocycles. The van der Waals surface area contributed by atoms with Crippen LogP contribution in [0.2, 0.25) is 0 Å². The summed E-state index contributed by atoms with van der Waals surface area (Å²) in [6, 6.07) is 0. The van der Waals surface area contributed by atoms with E-state index in [0.717, 1.165) is 17.8 Å². The van der Waals surface area contributed by atoms with E-state index in [-0.39, 0.29) is 23.2 Å². The van der Waals surface area contributed by atoms with E-state index in [4.69, 9.17) is 16.4 Å². The number of carbonyl (C=O) groups is 2. The molecule has 1 aromatic rings. The number of ether oxygens (including phenoxy) is 1. The first-order chi connectivity index (χ1) is 9.62. The van der Waals surface area contributed by atoms with E-state index in [2.05, 4.69) is 20.2 Å². The van der Waals surface area contributed by atoms with Crippen molar-refractivity contribution in [2.24, 2.45) is 5.16 Å². The van der Waals surface area contributed by atoms with Crippen LogP contribution in [0.25, 0.3) is 0 Å². The topological polar surface area (TPSA) is 89.9 Å². The molecule has 0 saturated heterocycles. The molecule has 0 atom stereocenters. The molecule has 1 aromatic heterocycles. The number of methoxy groups -OCH3 is 1. The lowest BCUT2D eigenvalue weighted by molar-refractivity contribution is -0.132. The van der Waals surface area contributed by atoms with Gasteiger partial charge in [-0.05, 0) is 6.42 Å². The van der Waals surface area contributed by atoms with Crippen molar-refractivity contribution in [2.75, 3.05) is 24.9 Å². The Hall–Kier alpha value is -1.67. The Bertz CT molecular complexity index is 504. The molecule has 0 fully saturated rings. The van der Waals surface area contributed by atoms with Crippen LogP contribution in [-0.4, -0.2) is 42.2 Å². The number of nitrogens with zero attached hydrogens (tertiary/aromatic N) is 2. The van der Waals surface area contributed by atoms with E-state index in [9.17, 15) is 9.59 Å². The zero-order chi connectivity index (χ0) is 15.0. The SMILES string of the molecule is CCCON=C(C(=O)OC)c1csc(NC(=O)CCl)n1. The molecule has 0 aliphatic rings. The normalized spacial score (nSPS) is 11.1. The predicted molar refractivity (Wildman–Crippen MR) is 76.3 cm³/mol. The average molecular weight is 320 g/mol. The molecule has 0 radical (unpaired) electrons. The molecule has 0 bridgehead atoms. The van der Waals surface area contributed by atoms with Crippen molar-refractivity contribution in [3.05, 3.63) is 11.1 Å². The number of esters is 1. The number of alkyl halides is 1. The van der Waals surface area contributed by atoms with Crippen LogP contribution in [0.5, 0.6) is 0 Å². The van der Waals surface area contributed by atoms with Gasteiger partial charge in [-0.1, -0.05) is 12.1 Å². The standard InChI is InChI=1S/C11H14ClN3O4S/c1-3-4-19-15-9(10(17)18-2)7-6-20-11(13-7)14-8(16)5-12/h6H,3-5H2,1-2H3,(H,13,14,16). The molecule has 0 aliphatic carbocycles. The van der Waals surface area contributed by atoms with Crippen molar-refractivity contribution >= 4 is 45.7 Å². The minimum Gasteiger partial charge on any atom is -0.464 e. The summed E-state index contributed by atoms with van der Waals surface area (Å²) in [5.41, 5.74) is 0.214. The molecule has 0 unspecified atom stereocenters. The van der Waals surface area contributed by atoms with E-state index in [1.54, 1.807) is 5.38 Å². The Kier molecular flexibility index (Phi) is 6.96. The number of oxime groups is 1. The summed E-state index contributed by atoms with van der Waals surface area (Å²) in [4.78, 5) is 31.8. The van der Waals surface area contributed by atoms with Gasteiger partial charge in [-0.15, -0.1) is 22.9 Å². The fourth-order valence-electron chi connectivity index (χ4n) is 1.08. The lowest BCUT2D eigenvalue weighted by Gasteiger charge is -2.01. The van der Waals surface area contributed by atoms with Crippen LogP contribution in [0, 0.1) is 0 Å². The predicted octanol–water partition coefficient (Wildman–Crippen LogP) is 1.62. The molecule has 1 N–H and O–H groups in total. The van der Waals surface area contributed by atoms with E-state index < -0.39 is 5.97 Å². The molecule has 110 valence electrons. The maximum absolute atomic E-state index is 11.6. The van der Waals surface area contributed by atoms with Gasteiger partial charge in [0.1, 0.15) is 18.2 Å². The van der Waals surface area contributed by atoms with Crippen molar-refractivity contribution in [3.8, 4) is 0 Å². The molecule has 0 spiro atoms. The van der Waals surface area contributed by atoms with Gasteiger partial charge in [0, 0.05) is 5.38 Å². The van der Waals surface area contributed by atoms with Crippen LogP contribution >= 0.6 is 22.9 Å². The van der Waals surface area contributed by atoms with Crippen LogP contribution < -0.4 is 5.32 Å². The summed E-state index contributed by atoms with van der Waals surface area (Å²) in [7, 11) is 1.24. The molecule has 1 amide bonds. The van der Waals surface area contributed by atoms with Gasteiger partial charge in [0.25, 0.3) is 0 Å². The number of amides is 1. The lowest BCUT2D eigenvalue weighted by Crippen LogP contribution is -2.19. The second kappa shape index (κ2) is 8.49. The molecule has 20 heavy (non-hydrogen) atoms. The van der Waals surface area contributed by atoms with Crippen molar-refractivity contribution < 1.29 is 19.2 Å². The van der Waals surface area contributed by atoms with Crippen LogP contribution in [0.15, 0.2) is 10.5 Å². The number of thiazole rings is 1. The van der Waals surface area contributed by atoms with Gasteiger partial charge in [0.2, 0.25) is 11.6 Å². The maximum Gasteiger partial charge on any atom is 0.362 e. The molecule has 0 aliphatic heterocycles. The highest BCUT2D eigenvalue weighted by molar-refractivity contribution is 7.14. The maximum atomic E-state index is 11.6. The summed E-state index contributed by atoms with van der Waals surface area (Å²) in [5, 5.41) is 8.08. The smallest absolute Gasteiger partial charge is 0.362 e. The number of aromatic nitrogens is 1. The van der Waals surface area contributed by atoms with Crippen LogP contribution in [0.1, 0.15) is 19.0 Å². The van der Waals surface area contributed by atoms with Crippen molar-refractivity contribution in [1.29, 1.82) is 0 Å². The third-order valence-electron chi connectivity index (χ3n) is 1.94. The Morgan fingerprint density at radius 2 is 2.30 bits per heavy atom. The number of nitrogens with one attached hydrogen (secondary N) is 1. The first-order valence-corrected chi connectivity index (χ1v) is 7.13. The number of hydrogen-bond donors (Lipinski definition) is 1. The first-order valence-electron chi connectivity index (χ1n) is 5.72. The minimum atomic E-state index is -0.665. The summed E-state index contributed by atoms with van der Waals surface area (Å²) in [6.07, 6.45) is 0.756. The van der Waals surface area contributed by atoms with Gasteiger partial charge < -0.3 is 14.9 Å². The molecular formula is C11H14ClN3O4S. The number of carbonyl (C=O) groups excluding carboxylic acids is 2. The monoisotopic (exact) mass is 319 g/mol. The summed E-state index contributed by atoms with van der Waals surface area (Å²) in [5.74, 6) is -1.22. The van der Waals surface area contributed by atoms with Crippen LogP contribution in [-0.2, 0) is 19.2 Å². The van der Waals surface area contributed by atoms with Crippen LogP contribution in [0.3, 0.4) is 0 Å². The van der Waals surface area contributed by atoms with Crippen molar-refractivity contribution in [1.82, 2.24) is 4.98 Å². The molecule has 7 nitrogen and oxygen atoms in total. The Morgan fingerprint density at radius 1 is 1.55 bits per heavy atom.